The van der Waals surface area contributed by atoms with Crippen molar-refractivity contribution in [3.05, 3.63) is 26.9 Å². The van der Waals surface area contributed by atoms with E-state index in [0.29, 0.717) is 32.0 Å². The monoisotopic (exact) mass is 376 g/mol. The standard InChI is InChI=1S/C20H32N4O3/c1-14(2)23-17(13-18(25)24(15(3)4)20(23)27)21-9-11-22(12-10-21)19(26)16-7-5-6-8-16/h13-16H,5-12H2,1-4H3. The van der Waals surface area contributed by atoms with Gasteiger partial charge in [0, 0.05) is 50.2 Å². The maximum absolute atomic E-state index is 12.9. The highest BCUT2D eigenvalue weighted by Gasteiger charge is 2.30. The molecule has 0 aromatic carbocycles. The van der Waals surface area contributed by atoms with E-state index in [0.717, 1.165) is 25.7 Å². The third kappa shape index (κ3) is 3.82. The van der Waals surface area contributed by atoms with Gasteiger partial charge < -0.3 is 9.80 Å². The highest BCUT2D eigenvalue weighted by atomic mass is 16.2. The summed E-state index contributed by atoms with van der Waals surface area (Å²) in [5.74, 6) is 1.15. The number of piperazine rings is 1. The van der Waals surface area contributed by atoms with Gasteiger partial charge in [0.25, 0.3) is 5.56 Å². The molecule has 1 aromatic rings. The molecule has 0 N–H and O–H groups in total. The summed E-state index contributed by atoms with van der Waals surface area (Å²) in [4.78, 5) is 42.1. The second-order valence-corrected chi connectivity index (χ2v) is 8.34. The predicted octanol–water partition coefficient (Wildman–Crippen LogP) is 2.01. The number of carbonyl (C=O) groups excluding carboxylic acids is 1. The van der Waals surface area contributed by atoms with E-state index >= 15 is 0 Å². The topological polar surface area (TPSA) is 67.5 Å². The molecule has 0 spiro atoms. The number of amides is 1. The molecule has 1 aliphatic carbocycles. The van der Waals surface area contributed by atoms with Crippen molar-refractivity contribution in [2.45, 2.75) is 65.5 Å². The Kier molecular flexibility index (Phi) is 5.77. The van der Waals surface area contributed by atoms with Crippen LogP contribution in [0.25, 0.3) is 0 Å². The van der Waals surface area contributed by atoms with Gasteiger partial charge in [0.05, 0.1) is 0 Å². The molecule has 1 saturated heterocycles. The second kappa shape index (κ2) is 7.90. The highest BCUT2D eigenvalue weighted by molar-refractivity contribution is 5.79. The summed E-state index contributed by atoms with van der Waals surface area (Å²) < 4.78 is 3.01. The molecule has 3 rings (SSSR count). The smallest absolute Gasteiger partial charge is 0.333 e. The molecule has 2 fully saturated rings. The third-order valence-corrected chi connectivity index (χ3v) is 5.80. The molecule has 1 amide bonds. The second-order valence-electron chi connectivity index (χ2n) is 8.34. The van der Waals surface area contributed by atoms with Crippen LogP contribution in [0.4, 0.5) is 5.82 Å². The summed E-state index contributed by atoms with van der Waals surface area (Å²) in [5, 5.41) is 0. The Labute approximate surface area is 160 Å². The highest BCUT2D eigenvalue weighted by Crippen LogP contribution is 2.27. The van der Waals surface area contributed by atoms with Crippen molar-refractivity contribution in [2.75, 3.05) is 31.1 Å². The maximum atomic E-state index is 12.9. The normalized spacial score (nSPS) is 18.7. The van der Waals surface area contributed by atoms with Gasteiger partial charge in [0.15, 0.2) is 0 Å². The van der Waals surface area contributed by atoms with E-state index in [-0.39, 0.29) is 35.2 Å². The predicted molar refractivity (Wildman–Crippen MR) is 106 cm³/mol. The van der Waals surface area contributed by atoms with E-state index < -0.39 is 0 Å². The van der Waals surface area contributed by atoms with Gasteiger partial charge >= 0.3 is 5.69 Å². The van der Waals surface area contributed by atoms with E-state index in [4.69, 9.17) is 0 Å². The first-order chi connectivity index (χ1) is 12.8. The molecule has 0 radical (unpaired) electrons. The Morgan fingerprint density at radius 1 is 0.926 bits per heavy atom. The number of hydrogen-bond donors (Lipinski definition) is 0. The first kappa shape index (κ1) is 19.7. The Morgan fingerprint density at radius 2 is 1.48 bits per heavy atom. The summed E-state index contributed by atoms with van der Waals surface area (Å²) in [6.45, 7) is 10.2. The van der Waals surface area contributed by atoms with Crippen LogP contribution in [0.15, 0.2) is 15.7 Å². The fourth-order valence-electron chi connectivity index (χ4n) is 4.35. The molecule has 27 heavy (non-hydrogen) atoms. The van der Waals surface area contributed by atoms with Gasteiger partial charge in [-0.05, 0) is 40.5 Å². The Bertz CT molecular complexity index is 794. The van der Waals surface area contributed by atoms with Crippen molar-refractivity contribution in [3.8, 4) is 0 Å². The molecule has 0 atom stereocenters. The molecular formula is C20H32N4O3. The van der Waals surface area contributed by atoms with Crippen molar-refractivity contribution < 1.29 is 4.79 Å². The molecule has 1 aromatic heterocycles. The lowest BCUT2D eigenvalue weighted by atomic mass is 10.1. The number of carbonyl (C=O) groups is 1. The fourth-order valence-corrected chi connectivity index (χ4v) is 4.35. The molecule has 7 heteroatoms. The van der Waals surface area contributed by atoms with Crippen LogP contribution in [0.2, 0.25) is 0 Å². The zero-order valence-electron chi connectivity index (χ0n) is 17.0. The molecule has 150 valence electrons. The summed E-state index contributed by atoms with van der Waals surface area (Å²) in [6, 6.07) is 1.36. The summed E-state index contributed by atoms with van der Waals surface area (Å²) >= 11 is 0. The van der Waals surface area contributed by atoms with Gasteiger partial charge in [-0.2, -0.15) is 0 Å². The summed E-state index contributed by atoms with van der Waals surface area (Å²) in [7, 11) is 0. The first-order valence-corrected chi connectivity index (χ1v) is 10.2. The number of rotatable bonds is 4. The van der Waals surface area contributed by atoms with E-state index in [2.05, 4.69) is 4.90 Å². The number of hydrogen-bond acceptors (Lipinski definition) is 4. The van der Waals surface area contributed by atoms with Crippen molar-refractivity contribution in [2.24, 2.45) is 5.92 Å². The Hall–Kier alpha value is -2.05. The summed E-state index contributed by atoms with van der Waals surface area (Å²) in [6.07, 6.45) is 4.34. The average molecular weight is 377 g/mol. The zero-order chi connectivity index (χ0) is 19.7. The zero-order valence-corrected chi connectivity index (χ0v) is 17.0. The molecular weight excluding hydrogens is 344 g/mol. The number of anilines is 1. The van der Waals surface area contributed by atoms with Crippen molar-refractivity contribution in [1.82, 2.24) is 14.0 Å². The van der Waals surface area contributed by atoms with Gasteiger partial charge in [0.1, 0.15) is 5.82 Å². The van der Waals surface area contributed by atoms with Crippen LogP contribution >= 0.6 is 0 Å². The van der Waals surface area contributed by atoms with Gasteiger partial charge in [-0.3, -0.25) is 18.7 Å². The van der Waals surface area contributed by atoms with E-state index in [1.54, 1.807) is 10.6 Å². The average Bonchev–Trinajstić information content (AvgIpc) is 3.14. The SMILES string of the molecule is CC(C)n1c(N2CCN(C(=O)C3CCCC3)CC2)cc(=O)n(C(C)C)c1=O. The van der Waals surface area contributed by atoms with Gasteiger partial charge in [0.2, 0.25) is 5.91 Å². The van der Waals surface area contributed by atoms with E-state index in [1.807, 2.05) is 32.6 Å². The minimum atomic E-state index is -0.258. The Morgan fingerprint density at radius 3 is 2.00 bits per heavy atom. The molecule has 0 bridgehead atoms. The van der Waals surface area contributed by atoms with E-state index in [1.165, 1.54) is 4.57 Å². The minimum Gasteiger partial charge on any atom is -0.354 e. The first-order valence-electron chi connectivity index (χ1n) is 10.2. The van der Waals surface area contributed by atoms with Crippen LogP contribution < -0.4 is 16.1 Å². The fraction of sp³-hybridized carbons (Fsp3) is 0.750. The number of nitrogens with zero attached hydrogens (tertiary/aromatic N) is 4. The van der Waals surface area contributed by atoms with Crippen molar-refractivity contribution in [3.63, 3.8) is 0 Å². The lowest BCUT2D eigenvalue weighted by Gasteiger charge is -2.38. The van der Waals surface area contributed by atoms with Crippen LogP contribution in [0.5, 0.6) is 0 Å². The maximum Gasteiger partial charge on any atom is 0.333 e. The Balaban J connectivity index is 1.82. The lowest BCUT2D eigenvalue weighted by Crippen LogP contribution is -2.52. The summed E-state index contributed by atoms with van der Waals surface area (Å²) in [5.41, 5.74) is -0.515. The van der Waals surface area contributed by atoms with Crippen molar-refractivity contribution >= 4 is 11.7 Å². The van der Waals surface area contributed by atoms with Crippen molar-refractivity contribution in [1.29, 1.82) is 0 Å². The largest absolute Gasteiger partial charge is 0.354 e. The van der Waals surface area contributed by atoms with Crippen LogP contribution in [-0.4, -0.2) is 46.1 Å². The van der Waals surface area contributed by atoms with Crippen LogP contribution in [-0.2, 0) is 4.79 Å². The van der Waals surface area contributed by atoms with Crippen LogP contribution in [0.3, 0.4) is 0 Å². The molecule has 7 nitrogen and oxygen atoms in total. The van der Waals surface area contributed by atoms with Gasteiger partial charge in [-0.1, -0.05) is 12.8 Å². The minimum absolute atomic E-state index is 0.0451. The van der Waals surface area contributed by atoms with E-state index in [9.17, 15) is 14.4 Å². The lowest BCUT2D eigenvalue weighted by molar-refractivity contribution is -0.135. The molecule has 2 aliphatic rings. The molecule has 1 aliphatic heterocycles. The van der Waals surface area contributed by atoms with Crippen LogP contribution in [0, 0.1) is 5.92 Å². The number of aromatic nitrogens is 2. The van der Waals surface area contributed by atoms with Crippen LogP contribution in [0.1, 0.15) is 65.5 Å². The third-order valence-electron chi connectivity index (χ3n) is 5.80. The van der Waals surface area contributed by atoms with Gasteiger partial charge in [-0.25, -0.2) is 4.79 Å². The molecule has 2 heterocycles. The quantitative estimate of drug-likeness (QED) is 0.806. The molecule has 0 unspecified atom stereocenters. The molecule has 1 saturated carbocycles. The van der Waals surface area contributed by atoms with Gasteiger partial charge in [-0.15, -0.1) is 0 Å².